The fourth-order valence-corrected chi connectivity index (χ4v) is 2.93. The number of fused-ring (bicyclic) bond motifs is 1. The summed E-state index contributed by atoms with van der Waals surface area (Å²) in [7, 11) is 0. The minimum atomic E-state index is -0.813. The molecule has 1 aliphatic rings. The lowest BCUT2D eigenvalue weighted by Crippen LogP contribution is -2.38. The van der Waals surface area contributed by atoms with Gasteiger partial charge < -0.3 is 14.8 Å². The van der Waals surface area contributed by atoms with Crippen LogP contribution in [-0.4, -0.2) is 40.6 Å². The third-order valence-electron chi connectivity index (χ3n) is 4.87. The van der Waals surface area contributed by atoms with E-state index in [4.69, 9.17) is 9.47 Å². The van der Waals surface area contributed by atoms with Crippen LogP contribution in [0.5, 0.6) is 5.88 Å². The van der Waals surface area contributed by atoms with Gasteiger partial charge in [0.2, 0.25) is 5.88 Å². The van der Waals surface area contributed by atoms with Crippen LogP contribution in [-0.2, 0) is 16.0 Å². The van der Waals surface area contributed by atoms with Gasteiger partial charge in [-0.3, -0.25) is 4.79 Å². The first-order valence-corrected chi connectivity index (χ1v) is 9.34. The quantitative estimate of drug-likeness (QED) is 0.830. The highest BCUT2D eigenvalue weighted by Gasteiger charge is 2.25. The van der Waals surface area contributed by atoms with E-state index in [0.717, 1.165) is 12.8 Å². The van der Waals surface area contributed by atoms with Crippen molar-refractivity contribution in [2.45, 2.75) is 58.6 Å². The van der Waals surface area contributed by atoms with Gasteiger partial charge in [0.05, 0.1) is 24.1 Å². The predicted octanol–water partition coefficient (Wildman–Crippen LogP) is 3.67. The average molecular weight is 375 g/mol. The van der Waals surface area contributed by atoms with Crippen LogP contribution in [0.25, 0.3) is 10.9 Å². The predicted molar refractivity (Wildman–Crippen MR) is 102 cm³/mol. The molecule has 3 rings (SSSR count). The molecule has 1 fully saturated rings. The number of rotatable bonds is 6. The van der Waals surface area contributed by atoms with Crippen LogP contribution in [0.3, 0.4) is 0 Å². The van der Waals surface area contributed by atoms with Crippen LogP contribution in [0.2, 0.25) is 0 Å². The highest BCUT2D eigenvalue weighted by atomic mass is 19.1. The second-order valence-electron chi connectivity index (χ2n) is 7.39. The summed E-state index contributed by atoms with van der Waals surface area (Å²) in [5.41, 5.74) is -0.0912. The van der Waals surface area contributed by atoms with Gasteiger partial charge in [0.1, 0.15) is 17.4 Å². The van der Waals surface area contributed by atoms with Crippen LogP contribution in [0.4, 0.5) is 10.1 Å². The Labute approximate surface area is 158 Å². The number of hydrogen-bond donors (Lipinski definition) is 1. The van der Waals surface area contributed by atoms with E-state index >= 15 is 0 Å². The van der Waals surface area contributed by atoms with E-state index in [9.17, 15) is 9.18 Å². The summed E-state index contributed by atoms with van der Waals surface area (Å²) in [6, 6.07) is 3.11. The molecule has 0 aliphatic carbocycles. The molecule has 1 aliphatic heterocycles. The van der Waals surface area contributed by atoms with E-state index in [1.165, 1.54) is 13.0 Å². The maximum atomic E-state index is 14.8. The van der Waals surface area contributed by atoms with Gasteiger partial charge >= 0.3 is 0 Å². The van der Waals surface area contributed by atoms with Gasteiger partial charge in [0.25, 0.3) is 0 Å². The van der Waals surface area contributed by atoms with E-state index in [-0.39, 0.29) is 17.4 Å². The van der Waals surface area contributed by atoms with Crippen LogP contribution in [0.1, 0.15) is 46.4 Å². The lowest BCUT2D eigenvalue weighted by Gasteiger charge is -2.25. The molecular formula is C20H26FN3O3. The van der Waals surface area contributed by atoms with Gasteiger partial charge in [-0.2, -0.15) is 4.98 Å². The summed E-state index contributed by atoms with van der Waals surface area (Å²) in [6.45, 7) is 8.22. The Hall–Kier alpha value is -2.28. The van der Waals surface area contributed by atoms with Crippen molar-refractivity contribution >= 4 is 22.4 Å². The van der Waals surface area contributed by atoms with Gasteiger partial charge in [-0.1, -0.05) is 6.92 Å². The zero-order valence-corrected chi connectivity index (χ0v) is 16.3. The van der Waals surface area contributed by atoms with Gasteiger partial charge in [0, 0.05) is 24.9 Å². The van der Waals surface area contributed by atoms with Crippen molar-refractivity contribution in [3.8, 4) is 5.88 Å². The van der Waals surface area contributed by atoms with Gasteiger partial charge in [0.15, 0.2) is 11.6 Å². The number of carbonyl (C=O) groups excluding carboxylic acids is 1. The fourth-order valence-electron chi connectivity index (χ4n) is 2.93. The first-order chi connectivity index (χ1) is 12.8. The highest BCUT2D eigenvalue weighted by Crippen LogP contribution is 2.31. The largest absolute Gasteiger partial charge is 0.474 e. The molecule has 27 heavy (non-hydrogen) atoms. The summed E-state index contributed by atoms with van der Waals surface area (Å²) in [4.78, 5) is 20.6. The molecule has 0 bridgehead atoms. The molecule has 1 saturated heterocycles. The average Bonchev–Trinajstić information content (AvgIpc) is 2.62. The van der Waals surface area contributed by atoms with E-state index < -0.39 is 11.4 Å². The molecule has 7 heteroatoms. The highest BCUT2D eigenvalue weighted by molar-refractivity contribution is 5.91. The van der Waals surface area contributed by atoms with Gasteiger partial charge in [-0.25, -0.2) is 9.37 Å². The summed E-state index contributed by atoms with van der Waals surface area (Å²) in [6.07, 6.45) is 2.10. The van der Waals surface area contributed by atoms with E-state index in [1.807, 2.05) is 6.92 Å². The number of ketones is 1. The molecule has 1 aromatic heterocycles. The molecule has 1 aromatic carbocycles. The van der Waals surface area contributed by atoms with Gasteiger partial charge in [-0.15, -0.1) is 0 Å². The minimum Gasteiger partial charge on any atom is -0.474 e. The smallest absolute Gasteiger partial charge is 0.225 e. The van der Waals surface area contributed by atoms with E-state index in [2.05, 4.69) is 15.3 Å². The number of nitrogens with one attached hydrogen (secondary N) is 1. The molecule has 0 amide bonds. The Morgan fingerprint density at radius 2 is 2.04 bits per heavy atom. The molecule has 6 nitrogen and oxygen atoms in total. The number of anilines is 1. The van der Waals surface area contributed by atoms with Crippen molar-refractivity contribution in [3.05, 3.63) is 23.8 Å². The Morgan fingerprint density at radius 3 is 2.67 bits per heavy atom. The Kier molecular flexibility index (Phi) is 5.60. The summed E-state index contributed by atoms with van der Waals surface area (Å²) < 4.78 is 26.3. The topological polar surface area (TPSA) is 73.3 Å². The molecule has 0 spiro atoms. The van der Waals surface area contributed by atoms with Crippen LogP contribution < -0.4 is 10.1 Å². The lowest BCUT2D eigenvalue weighted by molar-refractivity contribution is -0.120. The number of aryl methyl sites for hydroxylation is 1. The Morgan fingerprint density at radius 1 is 1.33 bits per heavy atom. The number of nitrogens with zero attached hydrogens (tertiary/aromatic N) is 2. The number of aromatic nitrogens is 2. The van der Waals surface area contributed by atoms with Crippen molar-refractivity contribution in [1.82, 2.24) is 9.97 Å². The SMILES string of the molecule is CCc1nc(OC2CCOCC2)c2cc(NC(C)(C)C(C)=O)cc(F)c2n1. The van der Waals surface area contributed by atoms with Gasteiger partial charge in [-0.05, 0) is 32.9 Å². The second-order valence-corrected chi connectivity index (χ2v) is 7.39. The molecule has 0 unspecified atom stereocenters. The van der Waals surface area contributed by atoms with Crippen molar-refractivity contribution in [3.63, 3.8) is 0 Å². The molecule has 146 valence electrons. The monoisotopic (exact) mass is 375 g/mol. The number of halogens is 1. The van der Waals surface area contributed by atoms with Crippen LogP contribution in [0.15, 0.2) is 12.1 Å². The molecular weight excluding hydrogens is 349 g/mol. The number of benzene rings is 1. The van der Waals surface area contributed by atoms with Crippen molar-refractivity contribution < 1.29 is 18.7 Å². The molecule has 0 radical (unpaired) electrons. The molecule has 2 heterocycles. The molecule has 1 N–H and O–H groups in total. The zero-order valence-electron chi connectivity index (χ0n) is 16.3. The van der Waals surface area contributed by atoms with Crippen molar-refractivity contribution in [2.24, 2.45) is 0 Å². The first kappa shape index (κ1) is 19.5. The molecule has 0 saturated carbocycles. The first-order valence-electron chi connectivity index (χ1n) is 9.34. The summed E-state index contributed by atoms with van der Waals surface area (Å²) in [5, 5.41) is 3.59. The fraction of sp³-hybridized carbons (Fsp3) is 0.550. The number of Topliss-reactive ketones (excluding diaryl/α,β-unsaturated/α-hetero) is 1. The summed E-state index contributed by atoms with van der Waals surface area (Å²) in [5.74, 6) is 0.405. The normalized spacial score (nSPS) is 15.7. The Balaban J connectivity index is 2.04. The number of carbonyl (C=O) groups is 1. The Bertz CT molecular complexity index is 848. The molecule has 0 atom stereocenters. The maximum absolute atomic E-state index is 14.8. The van der Waals surface area contributed by atoms with E-state index in [1.54, 1.807) is 19.9 Å². The third-order valence-corrected chi connectivity index (χ3v) is 4.87. The number of ether oxygens (including phenoxy) is 2. The molecule has 2 aromatic rings. The van der Waals surface area contributed by atoms with Crippen LogP contribution in [0, 0.1) is 5.82 Å². The third kappa shape index (κ3) is 4.35. The maximum Gasteiger partial charge on any atom is 0.225 e. The standard InChI is InChI=1S/C20H26FN3O3/c1-5-17-22-18-15(19(23-17)27-14-6-8-26-9-7-14)10-13(11-16(18)21)24-20(3,4)12(2)25/h10-11,14,24H,5-9H2,1-4H3. The zero-order chi connectivity index (χ0) is 19.6. The lowest BCUT2D eigenvalue weighted by atomic mass is 10.00. The van der Waals surface area contributed by atoms with Crippen molar-refractivity contribution in [1.29, 1.82) is 0 Å². The van der Waals surface area contributed by atoms with E-state index in [0.29, 0.717) is 42.4 Å². The second kappa shape index (κ2) is 7.76. The van der Waals surface area contributed by atoms with Crippen LogP contribution >= 0.6 is 0 Å². The minimum absolute atomic E-state index is 0.0186. The number of hydrogen-bond acceptors (Lipinski definition) is 6. The van der Waals surface area contributed by atoms with Crippen molar-refractivity contribution in [2.75, 3.05) is 18.5 Å². The summed E-state index contributed by atoms with van der Waals surface area (Å²) >= 11 is 0.